The highest BCUT2D eigenvalue weighted by molar-refractivity contribution is 8.18. The van der Waals surface area contributed by atoms with Crippen molar-refractivity contribution in [3.05, 3.63) is 28.7 Å². The molecule has 0 atom stereocenters. The first kappa shape index (κ1) is 24.6. The van der Waals surface area contributed by atoms with Crippen LogP contribution < -0.4 is 9.47 Å². The van der Waals surface area contributed by atoms with Crippen molar-refractivity contribution in [2.24, 2.45) is 0 Å². The van der Waals surface area contributed by atoms with Crippen molar-refractivity contribution in [1.29, 1.82) is 0 Å². The number of thioether (sulfide) groups is 1. The van der Waals surface area contributed by atoms with E-state index in [4.69, 9.17) is 18.9 Å². The van der Waals surface area contributed by atoms with Crippen LogP contribution in [0.1, 0.15) is 19.4 Å². The van der Waals surface area contributed by atoms with Gasteiger partial charge in [-0.15, -0.1) is 0 Å². The second-order valence-corrected chi connectivity index (χ2v) is 8.49. The first-order valence-corrected chi connectivity index (χ1v) is 11.2. The van der Waals surface area contributed by atoms with Crippen LogP contribution in [-0.2, 0) is 23.9 Å². The number of ether oxygens (including phenoxy) is 4. The first-order chi connectivity index (χ1) is 15.8. The summed E-state index contributed by atoms with van der Waals surface area (Å²) in [4.78, 5) is 51.6. The molecule has 3 rings (SSSR count). The Kier molecular flexibility index (Phi) is 8.34. The van der Waals surface area contributed by atoms with Gasteiger partial charge in [0.25, 0.3) is 17.1 Å². The molecule has 0 saturated carbocycles. The summed E-state index contributed by atoms with van der Waals surface area (Å²) < 4.78 is 21.2. The molecule has 1 aromatic carbocycles. The maximum atomic E-state index is 12.6. The molecule has 2 aliphatic heterocycles. The van der Waals surface area contributed by atoms with Gasteiger partial charge in [0.05, 0.1) is 31.3 Å². The number of amides is 3. The van der Waals surface area contributed by atoms with Crippen LogP contribution in [0.5, 0.6) is 11.5 Å². The number of morpholine rings is 1. The van der Waals surface area contributed by atoms with Gasteiger partial charge in [0, 0.05) is 13.1 Å². The Labute approximate surface area is 195 Å². The molecule has 0 bridgehead atoms. The van der Waals surface area contributed by atoms with Gasteiger partial charge in [0.2, 0.25) is 0 Å². The predicted molar refractivity (Wildman–Crippen MR) is 120 cm³/mol. The highest BCUT2D eigenvalue weighted by Gasteiger charge is 2.36. The van der Waals surface area contributed by atoms with Crippen molar-refractivity contribution < 1.29 is 38.1 Å². The van der Waals surface area contributed by atoms with Crippen LogP contribution >= 0.6 is 11.8 Å². The number of methoxy groups -OCH3 is 1. The normalized spacial score (nSPS) is 17.6. The molecule has 2 heterocycles. The zero-order valence-electron chi connectivity index (χ0n) is 18.7. The van der Waals surface area contributed by atoms with Gasteiger partial charge < -0.3 is 23.8 Å². The Morgan fingerprint density at radius 2 is 1.91 bits per heavy atom. The molecule has 2 saturated heterocycles. The minimum absolute atomic E-state index is 0.138. The van der Waals surface area contributed by atoms with Crippen LogP contribution in [0.25, 0.3) is 6.08 Å². The molecule has 0 aliphatic carbocycles. The molecule has 2 aliphatic rings. The summed E-state index contributed by atoms with van der Waals surface area (Å²) in [6.07, 6.45) is 1.19. The maximum absolute atomic E-state index is 12.6. The minimum Gasteiger partial charge on any atom is -0.493 e. The third-order valence-corrected chi connectivity index (χ3v) is 5.64. The molecule has 3 amide bonds. The van der Waals surface area contributed by atoms with E-state index in [0.717, 1.165) is 16.7 Å². The maximum Gasteiger partial charge on any atom is 0.326 e. The highest BCUT2D eigenvalue weighted by atomic mass is 32.2. The molecule has 11 heteroatoms. The van der Waals surface area contributed by atoms with Crippen LogP contribution in [0.15, 0.2) is 23.1 Å². The Morgan fingerprint density at radius 3 is 2.58 bits per heavy atom. The third kappa shape index (κ3) is 6.48. The van der Waals surface area contributed by atoms with E-state index in [0.29, 0.717) is 43.4 Å². The van der Waals surface area contributed by atoms with E-state index in [2.05, 4.69) is 0 Å². The molecular weight excluding hydrogens is 452 g/mol. The summed E-state index contributed by atoms with van der Waals surface area (Å²) in [5, 5.41) is -0.541. The summed E-state index contributed by atoms with van der Waals surface area (Å²) in [6.45, 7) is 4.87. The molecule has 178 valence electrons. The van der Waals surface area contributed by atoms with Gasteiger partial charge in [0.15, 0.2) is 18.1 Å². The molecule has 0 unspecified atom stereocenters. The molecule has 0 radical (unpaired) electrons. The molecule has 33 heavy (non-hydrogen) atoms. The van der Waals surface area contributed by atoms with E-state index < -0.39 is 23.7 Å². The monoisotopic (exact) mass is 478 g/mol. The van der Waals surface area contributed by atoms with Crippen molar-refractivity contribution in [2.45, 2.75) is 20.0 Å². The standard InChI is InChI=1S/C22H26N2O8S/c1-14(2)32-20(26)12-24-21(27)18(33-22(24)28)11-15-4-5-16(17(10-15)29-3)31-13-19(25)23-6-8-30-9-7-23/h4-5,10-11,14H,6-9,12-13H2,1-3H3/b18-11-. The van der Waals surface area contributed by atoms with Gasteiger partial charge in [-0.2, -0.15) is 0 Å². The Hall–Kier alpha value is -3.05. The fourth-order valence-electron chi connectivity index (χ4n) is 3.15. The second-order valence-electron chi connectivity index (χ2n) is 7.50. The number of benzene rings is 1. The zero-order chi connectivity index (χ0) is 24.0. The SMILES string of the molecule is COc1cc(/C=C2\SC(=O)N(CC(=O)OC(C)C)C2=O)ccc1OCC(=O)N1CCOCC1. The average molecular weight is 479 g/mol. The van der Waals surface area contributed by atoms with Crippen LogP contribution in [0.3, 0.4) is 0 Å². The lowest BCUT2D eigenvalue weighted by Crippen LogP contribution is -2.43. The van der Waals surface area contributed by atoms with Crippen LogP contribution in [-0.4, -0.2) is 85.5 Å². The van der Waals surface area contributed by atoms with Gasteiger partial charge in [-0.1, -0.05) is 6.07 Å². The summed E-state index contributed by atoms with van der Waals surface area (Å²) in [5.41, 5.74) is 0.592. The molecular formula is C22H26N2O8S. The number of hydrogen-bond acceptors (Lipinski definition) is 9. The minimum atomic E-state index is -0.650. The number of rotatable bonds is 8. The van der Waals surface area contributed by atoms with E-state index in [9.17, 15) is 19.2 Å². The third-order valence-electron chi connectivity index (χ3n) is 4.73. The molecule has 0 spiro atoms. The van der Waals surface area contributed by atoms with Gasteiger partial charge in [-0.3, -0.25) is 24.1 Å². The van der Waals surface area contributed by atoms with Crippen molar-refractivity contribution in [1.82, 2.24) is 9.80 Å². The Morgan fingerprint density at radius 1 is 1.18 bits per heavy atom. The number of imide groups is 1. The van der Waals surface area contributed by atoms with Crippen LogP contribution in [0.2, 0.25) is 0 Å². The highest BCUT2D eigenvalue weighted by Crippen LogP contribution is 2.34. The first-order valence-electron chi connectivity index (χ1n) is 10.4. The summed E-state index contributed by atoms with van der Waals surface area (Å²) in [5.74, 6) is -0.613. The predicted octanol–water partition coefficient (Wildman–Crippen LogP) is 1.92. The quantitative estimate of drug-likeness (QED) is 0.409. The largest absolute Gasteiger partial charge is 0.493 e. The van der Waals surface area contributed by atoms with Crippen LogP contribution in [0, 0.1) is 0 Å². The summed E-state index contributed by atoms with van der Waals surface area (Å²) in [7, 11) is 1.46. The van der Waals surface area contributed by atoms with Gasteiger partial charge >= 0.3 is 5.97 Å². The lowest BCUT2D eigenvalue weighted by molar-refractivity contribution is -0.149. The Bertz CT molecular complexity index is 956. The smallest absolute Gasteiger partial charge is 0.326 e. The number of esters is 1. The molecule has 0 N–H and O–H groups in total. The topological polar surface area (TPSA) is 112 Å². The second kappa shape index (κ2) is 11.2. The lowest BCUT2D eigenvalue weighted by atomic mass is 10.2. The fraction of sp³-hybridized carbons (Fsp3) is 0.455. The summed E-state index contributed by atoms with van der Waals surface area (Å²) in [6, 6.07) is 4.94. The van der Waals surface area contributed by atoms with Gasteiger partial charge in [-0.25, -0.2) is 0 Å². The molecule has 1 aromatic rings. The van der Waals surface area contributed by atoms with E-state index in [-0.39, 0.29) is 23.5 Å². The van der Waals surface area contributed by atoms with Gasteiger partial charge in [0.1, 0.15) is 6.54 Å². The van der Waals surface area contributed by atoms with Crippen molar-refractivity contribution in [3.63, 3.8) is 0 Å². The van der Waals surface area contributed by atoms with Gasteiger partial charge in [-0.05, 0) is 49.4 Å². The average Bonchev–Trinajstić information content (AvgIpc) is 3.05. The Balaban J connectivity index is 1.66. The van der Waals surface area contributed by atoms with Crippen molar-refractivity contribution in [3.8, 4) is 11.5 Å². The van der Waals surface area contributed by atoms with Crippen LogP contribution in [0.4, 0.5) is 4.79 Å². The van der Waals surface area contributed by atoms with E-state index in [1.165, 1.54) is 13.2 Å². The van der Waals surface area contributed by atoms with E-state index in [1.54, 1.807) is 36.9 Å². The summed E-state index contributed by atoms with van der Waals surface area (Å²) >= 11 is 0.743. The van der Waals surface area contributed by atoms with E-state index in [1.807, 2.05) is 0 Å². The van der Waals surface area contributed by atoms with Crippen molar-refractivity contribution >= 4 is 40.9 Å². The van der Waals surface area contributed by atoms with E-state index >= 15 is 0 Å². The number of carbonyl (C=O) groups excluding carboxylic acids is 4. The number of nitrogens with zero attached hydrogens (tertiary/aromatic N) is 2. The molecule has 10 nitrogen and oxygen atoms in total. The van der Waals surface area contributed by atoms with Crippen molar-refractivity contribution in [2.75, 3.05) is 46.6 Å². The molecule has 0 aromatic heterocycles. The number of hydrogen-bond donors (Lipinski definition) is 0. The zero-order valence-corrected chi connectivity index (χ0v) is 19.5. The molecule has 2 fully saturated rings. The number of carbonyl (C=O) groups is 4. The fourth-order valence-corrected chi connectivity index (χ4v) is 3.99. The lowest BCUT2D eigenvalue weighted by Gasteiger charge is -2.26.